The largest absolute Gasteiger partial charge is 0.508 e. The summed E-state index contributed by atoms with van der Waals surface area (Å²) in [6.45, 7) is 6.99. The van der Waals surface area contributed by atoms with Gasteiger partial charge in [0.05, 0.1) is 32.8 Å². The molecule has 0 radical (unpaired) electrons. The summed E-state index contributed by atoms with van der Waals surface area (Å²) >= 11 is 19.2. The number of benzene rings is 4. The number of hydrogen-bond acceptors (Lipinski definition) is 6. The molecule has 51 heavy (non-hydrogen) atoms. The van der Waals surface area contributed by atoms with Crippen LogP contribution < -0.4 is 10.1 Å². The maximum atomic E-state index is 13.2. The lowest BCUT2D eigenvalue weighted by Crippen LogP contribution is -2.42. The van der Waals surface area contributed by atoms with Gasteiger partial charge in [-0.1, -0.05) is 98.0 Å². The van der Waals surface area contributed by atoms with Gasteiger partial charge in [0.1, 0.15) is 17.5 Å². The highest BCUT2D eigenvalue weighted by Gasteiger charge is 2.24. The molecular formula is C40H40Cl3NO7. The van der Waals surface area contributed by atoms with Crippen LogP contribution in [0, 0.1) is 5.41 Å². The first kappa shape index (κ1) is 39.4. The van der Waals surface area contributed by atoms with Crippen molar-refractivity contribution in [1.29, 1.82) is 0 Å². The summed E-state index contributed by atoms with van der Waals surface area (Å²) < 4.78 is 5.80. The van der Waals surface area contributed by atoms with Crippen LogP contribution >= 0.6 is 34.8 Å². The van der Waals surface area contributed by atoms with Gasteiger partial charge in [0.2, 0.25) is 0 Å². The molecule has 4 rings (SSSR count). The second-order valence-corrected chi connectivity index (χ2v) is 14.8. The fourth-order valence-electron chi connectivity index (χ4n) is 5.42. The summed E-state index contributed by atoms with van der Waals surface area (Å²) in [4.78, 5) is 51.0. The van der Waals surface area contributed by atoms with E-state index < -0.39 is 17.9 Å². The molecule has 0 unspecified atom stereocenters. The van der Waals surface area contributed by atoms with E-state index >= 15 is 0 Å². The van der Waals surface area contributed by atoms with E-state index in [4.69, 9.17) is 39.5 Å². The van der Waals surface area contributed by atoms with E-state index in [0.717, 1.165) is 18.4 Å². The molecule has 0 aliphatic carbocycles. The minimum Gasteiger partial charge on any atom is -0.508 e. The molecule has 0 aliphatic heterocycles. The molecule has 1 atom stereocenters. The van der Waals surface area contributed by atoms with E-state index in [9.17, 15) is 29.4 Å². The second kappa shape index (κ2) is 17.7. The van der Waals surface area contributed by atoms with Gasteiger partial charge in [-0.2, -0.15) is 0 Å². The van der Waals surface area contributed by atoms with Crippen molar-refractivity contribution in [2.45, 2.75) is 65.3 Å². The summed E-state index contributed by atoms with van der Waals surface area (Å²) in [5, 5.41) is 22.4. The number of carbonyl (C=O) groups is 4. The summed E-state index contributed by atoms with van der Waals surface area (Å²) in [6.07, 6.45) is 2.42. The molecule has 268 valence electrons. The van der Waals surface area contributed by atoms with E-state index in [1.165, 1.54) is 18.2 Å². The maximum Gasteiger partial charge on any atom is 0.326 e. The molecule has 8 nitrogen and oxygen atoms in total. The molecular weight excluding hydrogens is 713 g/mol. The van der Waals surface area contributed by atoms with Crippen molar-refractivity contribution in [3.63, 3.8) is 0 Å². The minimum atomic E-state index is -1.28. The SMILES string of the molecule is CC(C)(C)CCCOc1cc(Cl)c(C(=O)Cc2ccc(C[C@H](NC(=O)c3ccc(C(=O)CCc4cccc(O)c4)cc3Cl)C(=O)O)cc2)c(Cl)c1. The highest BCUT2D eigenvalue weighted by atomic mass is 35.5. The van der Waals surface area contributed by atoms with E-state index in [2.05, 4.69) is 26.1 Å². The number of ketones is 2. The number of phenols is 1. The second-order valence-electron chi connectivity index (χ2n) is 13.5. The zero-order chi connectivity index (χ0) is 37.3. The van der Waals surface area contributed by atoms with Crippen LogP contribution in [0.5, 0.6) is 11.5 Å². The number of halogens is 3. The zero-order valence-corrected chi connectivity index (χ0v) is 30.9. The number of carboxylic acids is 1. The molecule has 4 aromatic rings. The summed E-state index contributed by atoms with van der Waals surface area (Å²) in [5.41, 5.74) is 2.81. The number of amides is 1. The quantitative estimate of drug-likeness (QED) is 0.0769. The molecule has 0 fully saturated rings. The van der Waals surface area contributed by atoms with Gasteiger partial charge in [-0.25, -0.2) is 4.79 Å². The number of aromatic hydroxyl groups is 1. The fraction of sp³-hybridized carbons (Fsp3) is 0.300. The van der Waals surface area contributed by atoms with Gasteiger partial charge in [-0.05, 0) is 77.8 Å². The van der Waals surface area contributed by atoms with Crippen LogP contribution in [0.2, 0.25) is 15.1 Å². The van der Waals surface area contributed by atoms with Gasteiger partial charge in [0.15, 0.2) is 11.6 Å². The van der Waals surface area contributed by atoms with Gasteiger partial charge in [-0.15, -0.1) is 0 Å². The summed E-state index contributed by atoms with van der Waals surface area (Å²) in [6, 6.07) is 19.6. The Balaban J connectivity index is 1.33. The highest BCUT2D eigenvalue weighted by molar-refractivity contribution is 6.40. The number of Topliss-reactive ketones (excluding diaryl/α,β-unsaturated/α-hetero) is 2. The number of nitrogens with one attached hydrogen (secondary N) is 1. The van der Waals surface area contributed by atoms with Crippen molar-refractivity contribution in [2.75, 3.05) is 6.61 Å². The van der Waals surface area contributed by atoms with E-state index in [-0.39, 0.29) is 68.2 Å². The van der Waals surface area contributed by atoms with Crippen molar-refractivity contribution >= 4 is 58.2 Å². The smallest absolute Gasteiger partial charge is 0.326 e. The van der Waals surface area contributed by atoms with Gasteiger partial charge in [0.25, 0.3) is 5.91 Å². The number of hydrogen-bond donors (Lipinski definition) is 3. The van der Waals surface area contributed by atoms with Crippen LogP contribution in [0.25, 0.3) is 0 Å². The van der Waals surface area contributed by atoms with E-state index in [1.54, 1.807) is 54.6 Å². The van der Waals surface area contributed by atoms with Crippen molar-refractivity contribution in [2.24, 2.45) is 5.41 Å². The Kier molecular flexibility index (Phi) is 13.7. The third-order valence-electron chi connectivity index (χ3n) is 8.15. The minimum absolute atomic E-state index is 0.00679. The molecule has 0 spiro atoms. The number of carbonyl (C=O) groups excluding carboxylic acids is 3. The Morgan fingerprint density at radius 3 is 2.08 bits per heavy atom. The van der Waals surface area contributed by atoms with Crippen molar-refractivity contribution in [3.8, 4) is 11.5 Å². The number of aryl methyl sites for hydroxylation is 1. The Morgan fingerprint density at radius 2 is 1.47 bits per heavy atom. The number of aliphatic carboxylic acids is 1. The molecule has 4 aromatic carbocycles. The monoisotopic (exact) mass is 751 g/mol. The fourth-order valence-corrected chi connectivity index (χ4v) is 6.36. The third-order valence-corrected chi connectivity index (χ3v) is 9.06. The molecule has 0 heterocycles. The molecule has 1 amide bonds. The number of rotatable bonds is 16. The van der Waals surface area contributed by atoms with Gasteiger partial charge in [-0.3, -0.25) is 14.4 Å². The normalized spacial score (nSPS) is 11.9. The van der Waals surface area contributed by atoms with Gasteiger partial charge < -0.3 is 20.3 Å². The lowest BCUT2D eigenvalue weighted by Gasteiger charge is -2.18. The number of ether oxygens (including phenoxy) is 1. The first-order chi connectivity index (χ1) is 24.1. The molecule has 0 saturated carbocycles. The van der Waals surface area contributed by atoms with Crippen LogP contribution in [0.15, 0.2) is 78.9 Å². The van der Waals surface area contributed by atoms with Crippen molar-refractivity contribution < 1.29 is 34.1 Å². The van der Waals surface area contributed by atoms with Crippen LogP contribution in [-0.4, -0.2) is 46.3 Å². The Labute approximate surface area is 312 Å². The van der Waals surface area contributed by atoms with Gasteiger partial charge >= 0.3 is 5.97 Å². The standard InChI is InChI=1S/C40H40Cl3NO7/c1-40(2,3)16-5-17-51-29-22-32(42)37(33(43)23-29)36(47)20-26-10-8-25(9-11-26)19-34(39(49)50)44-38(48)30-14-13-27(21-31(30)41)35(46)15-12-24-6-4-7-28(45)18-24/h4,6-11,13-14,18,21-23,34,45H,5,12,15-17,19-20H2,1-3H3,(H,44,48)(H,49,50)/t34-/m0/s1. The van der Waals surface area contributed by atoms with Crippen molar-refractivity contribution in [3.05, 3.63) is 127 Å². The summed E-state index contributed by atoms with van der Waals surface area (Å²) in [7, 11) is 0. The first-order valence-corrected chi connectivity index (χ1v) is 17.6. The van der Waals surface area contributed by atoms with Crippen LogP contribution in [0.1, 0.15) is 87.8 Å². The first-order valence-electron chi connectivity index (χ1n) is 16.5. The predicted molar refractivity (Wildman–Crippen MR) is 200 cm³/mol. The average Bonchev–Trinajstić information content (AvgIpc) is 3.05. The third kappa shape index (κ3) is 11.8. The van der Waals surface area contributed by atoms with Crippen LogP contribution in [0.3, 0.4) is 0 Å². The maximum absolute atomic E-state index is 13.2. The van der Waals surface area contributed by atoms with E-state index in [1.807, 2.05) is 6.07 Å². The Hall–Kier alpha value is -4.37. The molecule has 11 heteroatoms. The zero-order valence-electron chi connectivity index (χ0n) is 28.6. The highest BCUT2D eigenvalue weighted by Crippen LogP contribution is 2.32. The van der Waals surface area contributed by atoms with E-state index in [0.29, 0.717) is 35.5 Å². The molecule has 0 saturated heterocycles. The number of phenolic OH excluding ortho intramolecular Hbond substituents is 1. The lowest BCUT2D eigenvalue weighted by molar-refractivity contribution is -0.139. The van der Waals surface area contributed by atoms with Gasteiger partial charge in [0, 0.05) is 24.8 Å². The summed E-state index contributed by atoms with van der Waals surface area (Å²) in [5.74, 6) is -1.83. The average molecular weight is 753 g/mol. The molecule has 0 aliphatic rings. The lowest BCUT2D eigenvalue weighted by atomic mass is 9.91. The Morgan fingerprint density at radius 1 is 0.804 bits per heavy atom. The van der Waals surface area contributed by atoms with Crippen LogP contribution in [0.4, 0.5) is 0 Å². The number of carboxylic acid groups (broad SMARTS) is 1. The van der Waals surface area contributed by atoms with Crippen molar-refractivity contribution in [1.82, 2.24) is 5.32 Å². The molecule has 0 bridgehead atoms. The Bertz CT molecular complexity index is 1880. The predicted octanol–water partition coefficient (Wildman–Crippen LogP) is 9.22. The van der Waals surface area contributed by atoms with Crippen LogP contribution in [-0.2, 0) is 24.1 Å². The molecule has 3 N–H and O–H groups in total. The topological polar surface area (TPSA) is 130 Å². The molecule has 0 aromatic heterocycles.